The summed E-state index contributed by atoms with van der Waals surface area (Å²) < 4.78 is 0. The molecule has 0 spiro atoms. The summed E-state index contributed by atoms with van der Waals surface area (Å²) in [5.74, 6) is -1.62. The first-order valence-electron chi connectivity index (χ1n) is 4.00. The molecule has 0 amide bonds. The fourth-order valence-electron chi connectivity index (χ4n) is 1.04. The molecular weight excluding hydrogens is 343 g/mol. The molecule has 1 rings (SSSR count). The Morgan fingerprint density at radius 2 is 1.93 bits per heavy atom. The average Bonchev–Trinajstić information content (AvgIpc) is 2.11. The van der Waals surface area contributed by atoms with Crippen molar-refractivity contribution >= 4 is 5.97 Å². The first-order chi connectivity index (χ1) is 6.50. The summed E-state index contributed by atoms with van der Waals surface area (Å²) >= 11 is 0. The smallest absolute Gasteiger partial charge is 0.320 e. The maximum Gasteiger partial charge on any atom is 0.320 e. The average molecular weight is 354 g/mol. The first kappa shape index (κ1) is 14.6. The third kappa shape index (κ3) is 4.30. The van der Waals surface area contributed by atoms with Crippen molar-refractivity contribution in [3.05, 3.63) is 23.8 Å². The topological polar surface area (TPSA) is 104 Å². The third-order valence-corrected chi connectivity index (χ3v) is 1.81. The van der Waals surface area contributed by atoms with Crippen molar-refractivity contribution in [3.8, 4) is 11.5 Å². The van der Waals surface area contributed by atoms with Crippen LogP contribution in [0.25, 0.3) is 0 Å². The quantitative estimate of drug-likeness (QED) is 0.575. The number of hydrogen-bond donors (Lipinski definition) is 4. The molecule has 0 fully saturated rings. The van der Waals surface area contributed by atoms with Gasteiger partial charge >= 0.3 is 5.97 Å². The van der Waals surface area contributed by atoms with Gasteiger partial charge in [0.15, 0.2) is 11.5 Å². The zero-order valence-electron chi connectivity index (χ0n) is 7.70. The number of carboxylic acid groups (broad SMARTS) is 1. The zero-order valence-corrected chi connectivity index (χ0v) is 9.97. The summed E-state index contributed by atoms with van der Waals surface area (Å²) in [5.41, 5.74) is 5.86. The van der Waals surface area contributed by atoms with Gasteiger partial charge in [-0.05, 0) is 24.1 Å². The van der Waals surface area contributed by atoms with Crippen LogP contribution in [-0.4, -0.2) is 27.3 Å². The Kier molecular flexibility index (Phi) is 6.04. The second-order valence-electron chi connectivity index (χ2n) is 2.97. The Labute approximate surface area is 119 Å². The van der Waals surface area contributed by atoms with Crippen molar-refractivity contribution in [1.29, 1.82) is 0 Å². The van der Waals surface area contributed by atoms with E-state index in [1.807, 2.05) is 0 Å². The number of nitrogens with two attached hydrogens (primary N) is 1. The van der Waals surface area contributed by atoms with Gasteiger partial charge in [0.1, 0.15) is 6.04 Å². The molecule has 84 valence electrons. The van der Waals surface area contributed by atoms with E-state index in [4.69, 9.17) is 21.1 Å². The van der Waals surface area contributed by atoms with Gasteiger partial charge in [-0.15, -0.1) is 0 Å². The van der Waals surface area contributed by atoms with Crippen molar-refractivity contribution in [3.63, 3.8) is 0 Å². The van der Waals surface area contributed by atoms with Gasteiger partial charge in [-0.25, -0.2) is 0 Å². The number of hydrogen-bond acceptors (Lipinski definition) is 4. The normalized spacial score (nSPS) is 11.5. The number of carboxylic acids is 1. The second-order valence-corrected chi connectivity index (χ2v) is 2.97. The van der Waals surface area contributed by atoms with Gasteiger partial charge in [0.2, 0.25) is 0 Å². The van der Waals surface area contributed by atoms with E-state index in [0.717, 1.165) is 0 Å². The largest absolute Gasteiger partial charge is 0.504 e. The molecule has 0 aliphatic carbocycles. The zero-order chi connectivity index (χ0) is 10.7. The van der Waals surface area contributed by atoms with E-state index in [2.05, 4.69) is 0 Å². The van der Waals surface area contributed by atoms with Gasteiger partial charge in [0.05, 0.1) is 0 Å². The molecule has 0 aliphatic heterocycles. The van der Waals surface area contributed by atoms with E-state index in [1.54, 1.807) is 0 Å². The molecule has 0 aliphatic rings. The molecule has 0 heterocycles. The summed E-state index contributed by atoms with van der Waals surface area (Å²) in [6.07, 6.45) is 0.114. The molecule has 15 heavy (non-hydrogen) atoms. The fraction of sp³-hybridized carbons (Fsp3) is 0.222. The van der Waals surface area contributed by atoms with Gasteiger partial charge in [-0.3, -0.25) is 4.79 Å². The molecule has 6 heteroatoms. The van der Waals surface area contributed by atoms with Crippen LogP contribution in [0.3, 0.4) is 0 Å². The van der Waals surface area contributed by atoms with Crippen LogP contribution in [-0.2, 0) is 11.2 Å². The molecule has 1 aromatic carbocycles. The van der Waals surface area contributed by atoms with Crippen LogP contribution in [0, 0.1) is 39.9 Å². The Hall–Kier alpha value is -0.425. The fourth-order valence-corrected chi connectivity index (χ4v) is 1.04. The third-order valence-electron chi connectivity index (χ3n) is 1.81. The summed E-state index contributed by atoms with van der Waals surface area (Å²) in [6.45, 7) is 0. The molecule has 0 aromatic heterocycles. The molecule has 0 unspecified atom stereocenters. The van der Waals surface area contributed by atoms with Crippen molar-refractivity contribution in [2.24, 2.45) is 5.73 Å². The van der Waals surface area contributed by atoms with E-state index in [-0.39, 0.29) is 57.9 Å². The number of phenolic OH excluding ortho intramolecular Hbond substituents is 2. The van der Waals surface area contributed by atoms with Crippen molar-refractivity contribution in [1.82, 2.24) is 0 Å². The minimum Gasteiger partial charge on any atom is -0.504 e. The van der Waals surface area contributed by atoms with E-state index in [1.165, 1.54) is 18.2 Å². The molecule has 5 N–H and O–H groups in total. The van der Waals surface area contributed by atoms with Crippen LogP contribution in [0.2, 0.25) is 0 Å². The summed E-state index contributed by atoms with van der Waals surface area (Å²) in [7, 11) is 0. The number of aromatic hydroxyl groups is 2. The molecule has 0 saturated heterocycles. The molecular formula is C9H11GdNO4. The number of benzene rings is 1. The Morgan fingerprint density at radius 1 is 1.33 bits per heavy atom. The SMILES string of the molecule is N[C@@H](Cc1ccc(O)c(O)c1)C(=O)O.[Gd]. The summed E-state index contributed by atoms with van der Waals surface area (Å²) in [4.78, 5) is 10.4. The second kappa shape index (κ2) is 6.22. The van der Waals surface area contributed by atoms with E-state index < -0.39 is 12.0 Å². The first-order valence-corrected chi connectivity index (χ1v) is 4.00. The van der Waals surface area contributed by atoms with Crippen LogP contribution in [0.5, 0.6) is 11.5 Å². The van der Waals surface area contributed by atoms with E-state index >= 15 is 0 Å². The van der Waals surface area contributed by atoms with Crippen LogP contribution in [0.4, 0.5) is 0 Å². The molecule has 0 saturated carbocycles. The van der Waals surface area contributed by atoms with Crippen molar-refractivity contribution in [2.75, 3.05) is 0 Å². The van der Waals surface area contributed by atoms with Gasteiger partial charge in [-0.1, -0.05) is 6.07 Å². The van der Waals surface area contributed by atoms with E-state index in [9.17, 15) is 4.79 Å². The number of rotatable bonds is 3. The molecule has 5 nitrogen and oxygen atoms in total. The van der Waals surface area contributed by atoms with Crippen LogP contribution >= 0.6 is 0 Å². The van der Waals surface area contributed by atoms with E-state index in [0.29, 0.717) is 5.56 Å². The number of carbonyl (C=O) groups is 1. The Balaban J connectivity index is 0.00000196. The number of aliphatic carboxylic acids is 1. The van der Waals surface area contributed by atoms with Gasteiger partial charge < -0.3 is 21.1 Å². The maximum absolute atomic E-state index is 10.4. The van der Waals surface area contributed by atoms with Crippen molar-refractivity contribution in [2.45, 2.75) is 12.5 Å². The Bertz CT molecular complexity index is 356. The standard InChI is InChI=1S/C9H11NO4.Gd/c10-6(9(13)14)3-5-1-2-7(11)8(12)4-5;/h1-2,4,6,11-12H,3,10H2,(H,13,14);/t6-;/m0./s1. The maximum atomic E-state index is 10.4. The van der Waals surface area contributed by atoms with Crippen molar-refractivity contribution < 1.29 is 60.1 Å². The summed E-state index contributed by atoms with van der Waals surface area (Å²) in [6, 6.07) is 3.09. The van der Waals surface area contributed by atoms with Gasteiger partial charge in [-0.2, -0.15) is 0 Å². The predicted octanol–water partition coefficient (Wildman–Crippen LogP) is 0.0522. The Morgan fingerprint density at radius 3 is 2.40 bits per heavy atom. The van der Waals surface area contributed by atoms with Crippen LogP contribution < -0.4 is 5.73 Å². The molecule has 1 atom stereocenters. The number of phenols is 2. The van der Waals surface area contributed by atoms with Gasteiger partial charge in [0, 0.05) is 39.9 Å². The molecule has 1 aromatic rings. The predicted molar refractivity (Wildman–Crippen MR) is 49.1 cm³/mol. The molecule has 0 radical (unpaired) electrons. The molecule has 0 bridgehead atoms. The minimum absolute atomic E-state index is 0. The van der Waals surface area contributed by atoms with Crippen LogP contribution in [0.15, 0.2) is 18.2 Å². The van der Waals surface area contributed by atoms with Crippen LogP contribution in [0.1, 0.15) is 5.56 Å². The minimum atomic E-state index is -1.10. The summed E-state index contributed by atoms with van der Waals surface area (Å²) in [5, 5.41) is 26.6. The van der Waals surface area contributed by atoms with Gasteiger partial charge in [0.25, 0.3) is 0 Å². The monoisotopic (exact) mass is 355 g/mol.